The predicted octanol–water partition coefficient (Wildman–Crippen LogP) is 4.17. The van der Waals surface area contributed by atoms with Gasteiger partial charge in [0.15, 0.2) is 0 Å². The second-order valence-corrected chi connectivity index (χ2v) is 4.50. The van der Waals surface area contributed by atoms with Crippen LogP contribution in [-0.2, 0) is 9.59 Å². The summed E-state index contributed by atoms with van der Waals surface area (Å²) in [5.74, 6) is 0.898. The minimum Gasteiger partial charge on any atom is -0.300 e. The van der Waals surface area contributed by atoms with Crippen molar-refractivity contribution in [2.45, 2.75) is 73.1 Å². The minimum absolute atomic E-state index is 0.167. The molecule has 2 heteroatoms. The standard InChI is InChI=1S/C11H22O.C3H6O/c1-4-6-7-9-11(8-5-2)10(3)12;1-3(2)4/h11H,4-9H2,1-3H3;1-2H3/t11-;/m0./s1. The lowest BCUT2D eigenvalue weighted by molar-refractivity contribution is -0.121. The maximum atomic E-state index is 11.1. The molecule has 0 N–H and O–H groups in total. The Morgan fingerprint density at radius 2 is 1.38 bits per heavy atom. The highest BCUT2D eigenvalue weighted by molar-refractivity contribution is 5.78. The van der Waals surface area contributed by atoms with Crippen LogP contribution in [0.25, 0.3) is 0 Å². The first-order chi connectivity index (χ1) is 7.45. The van der Waals surface area contributed by atoms with Gasteiger partial charge in [-0.3, -0.25) is 4.79 Å². The molecule has 16 heavy (non-hydrogen) atoms. The molecule has 1 atom stereocenters. The zero-order valence-corrected chi connectivity index (χ0v) is 11.6. The smallest absolute Gasteiger partial charge is 0.132 e. The fourth-order valence-electron chi connectivity index (χ4n) is 1.54. The van der Waals surface area contributed by atoms with Gasteiger partial charge in [-0.15, -0.1) is 0 Å². The Hall–Kier alpha value is -0.660. The average molecular weight is 228 g/mol. The number of ketones is 2. The molecule has 0 aromatic carbocycles. The second-order valence-electron chi connectivity index (χ2n) is 4.50. The number of carbonyl (C=O) groups is 2. The van der Waals surface area contributed by atoms with Crippen LogP contribution in [0.3, 0.4) is 0 Å². The maximum absolute atomic E-state index is 11.1. The van der Waals surface area contributed by atoms with E-state index in [2.05, 4.69) is 13.8 Å². The van der Waals surface area contributed by atoms with Crippen LogP contribution in [0.15, 0.2) is 0 Å². The van der Waals surface area contributed by atoms with E-state index in [-0.39, 0.29) is 5.78 Å². The van der Waals surface area contributed by atoms with Gasteiger partial charge in [0, 0.05) is 5.92 Å². The number of Topliss-reactive ketones (excluding diaryl/α,β-unsaturated/α-hetero) is 2. The Morgan fingerprint density at radius 3 is 1.69 bits per heavy atom. The summed E-state index contributed by atoms with van der Waals surface area (Å²) in [5, 5.41) is 0. The molecule has 0 aliphatic heterocycles. The van der Waals surface area contributed by atoms with Crippen molar-refractivity contribution in [3.05, 3.63) is 0 Å². The highest BCUT2D eigenvalue weighted by Gasteiger charge is 2.11. The van der Waals surface area contributed by atoms with Crippen molar-refractivity contribution < 1.29 is 9.59 Å². The van der Waals surface area contributed by atoms with E-state index in [1.165, 1.54) is 33.1 Å². The number of hydrogen-bond donors (Lipinski definition) is 0. The van der Waals surface area contributed by atoms with E-state index in [0.717, 1.165) is 19.3 Å². The molecule has 0 spiro atoms. The van der Waals surface area contributed by atoms with Crippen molar-refractivity contribution in [3.63, 3.8) is 0 Å². The second kappa shape index (κ2) is 12.4. The van der Waals surface area contributed by atoms with Gasteiger partial charge in [0.2, 0.25) is 0 Å². The van der Waals surface area contributed by atoms with E-state index < -0.39 is 0 Å². The number of unbranched alkanes of at least 4 members (excludes halogenated alkanes) is 2. The Labute approximate surface area is 101 Å². The van der Waals surface area contributed by atoms with Gasteiger partial charge in [-0.1, -0.05) is 39.5 Å². The quantitative estimate of drug-likeness (QED) is 0.613. The van der Waals surface area contributed by atoms with Crippen LogP contribution < -0.4 is 0 Å². The van der Waals surface area contributed by atoms with Gasteiger partial charge >= 0.3 is 0 Å². The molecule has 0 aliphatic carbocycles. The van der Waals surface area contributed by atoms with Crippen LogP contribution in [0, 0.1) is 5.92 Å². The molecular formula is C14H28O2. The Balaban J connectivity index is 0. The molecule has 0 fully saturated rings. The minimum atomic E-state index is 0.167. The molecule has 0 unspecified atom stereocenters. The van der Waals surface area contributed by atoms with Crippen molar-refractivity contribution in [1.29, 1.82) is 0 Å². The monoisotopic (exact) mass is 228 g/mol. The largest absolute Gasteiger partial charge is 0.300 e. The van der Waals surface area contributed by atoms with Crippen molar-refractivity contribution >= 4 is 11.6 Å². The first kappa shape index (κ1) is 17.7. The SMILES string of the molecule is CC(C)=O.CCCCC[C@H](CCC)C(C)=O. The van der Waals surface area contributed by atoms with Crippen LogP contribution >= 0.6 is 0 Å². The molecule has 0 saturated heterocycles. The van der Waals surface area contributed by atoms with Crippen molar-refractivity contribution in [2.75, 3.05) is 0 Å². The van der Waals surface area contributed by atoms with Crippen molar-refractivity contribution in [2.24, 2.45) is 5.92 Å². The highest BCUT2D eigenvalue weighted by Crippen LogP contribution is 2.16. The lowest BCUT2D eigenvalue weighted by Gasteiger charge is -2.11. The number of hydrogen-bond acceptors (Lipinski definition) is 2. The van der Waals surface area contributed by atoms with Gasteiger partial charge in [0.05, 0.1) is 0 Å². The molecule has 0 heterocycles. The van der Waals surface area contributed by atoms with Gasteiger partial charge < -0.3 is 4.79 Å². The zero-order valence-electron chi connectivity index (χ0n) is 11.6. The highest BCUT2D eigenvalue weighted by atomic mass is 16.1. The van der Waals surface area contributed by atoms with Crippen LogP contribution in [0.5, 0.6) is 0 Å². The topological polar surface area (TPSA) is 34.1 Å². The number of rotatable bonds is 7. The summed E-state index contributed by atoms with van der Waals surface area (Å²) >= 11 is 0. The summed E-state index contributed by atoms with van der Waals surface area (Å²) < 4.78 is 0. The molecule has 0 aromatic heterocycles. The Bertz CT molecular complexity index is 181. The fourth-order valence-corrected chi connectivity index (χ4v) is 1.54. The summed E-state index contributed by atoms with van der Waals surface area (Å²) in [6.45, 7) is 9.13. The lowest BCUT2D eigenvalue weighted by Crippen LogP contribution is -2.10. The third-order valence-electron chi connectivity index (χ3n) is 2.37. The summed E-state index contributed by atoms with van der Waals surface area (Å²) in [4.78, 5) is 20.6. The Morgan fingerprint density at radius 1 is 0.875 bits per heavy atom. The van der Waals surface area contributed by atoms with Crippen LogP contribution in [0.4, 0.5) is 0 Å². The molecule has 96 valence electrons. The van der Waals surface area contributed by atoms with Crippen molar-refractivity contribution in [1.82, 2.24) is 0 Å². The summed E-state index contributed by atoms with van der Waals surface area (Å²) in [5.41, 5.74) is 0. The van der Waals surface area contributed by atoms with Crippen LogP contribution in [-0.4, -0.2) is 11.6 Å². The molecule has 0 aliphatic rings. The molecule has 2 nitrogen and oxygen atoms in total. The van der Waals surface area contributed by atoms with Crippen LogP contribution in [0.1, 0.15) is 73.1 Å². The third kappa shape index (κ3) is 15.8. The van der Waals surface area contributed by atoms with Gasteiger partial charge in [0.1, 0.15) is 11.6 Å². The Kier molecular flexibility index (Phi) is 13.7. The zero-order chi connectivity index (χ0) is 13.0. The molecule has 0 radical (unpaired) electrons. The summed E-state index contributed by atoms with van der Waals surface area (Å²) in [6, 6.07) is 0. The van der Waals surface area contributed by atoms with E-state index in [9.17, 15) is 9.59 Å². The number of carbonyl (C=O) groups excluding carboxylic acids is 2. The summed E-state index contributed by atoms with van der Waals surface area (Å²) in [6.07, 6.45) is 7.07. The molecular weight excluding hydrogens is 200 g/mol. The molecule has 0 aromatic rings. The first-order valence-corrected chi connectivity index (χ1v) is 6.43. The van der Waals surface area contributed by atoms with Gasteiger partial charge in [-0.25, -0.2) is 0 Å². The van der Waals surface area contributed by atoms with E-state index in [0.29, 0.717) is 11.7 Å². The van der Waals surface area contributed by atoms with E-state index >= 15 is 0 Å². The van der Waals surface area contributed by atoms with Crippen LogP contribution in [0.2, 0.25) is 0 Å². The lowest BCUT2D eigenvalue weighted by atomic mass is 9.93. The fraction of sp³-hybridized carbons (Fsp3) is 0.857. The maximum Gasteiger partial charge on any atom is 0.132 e. The third-order valence-corrected chi connectivity index (χ3v) is 2.37. The van der Waals surface area contributed by atoms with Gasteiger partial charge in [-0.2, -0.15) is 0 Å². The van der Waals surface area contributed by atoms with Gasteiger partial charge in [0.25, 0.3) is 0 Å². The average Bonchev–Trinajstić information content (AvgIpc) is 2.15. The van der Waals surface area contributed by atoms with Gasteiger partial charge in [-0.05, 0) is 33.6 Å². The predicted molar refractivity (Wildman–Crippen MR) is 69.6 cm³/mol. The van der Waals surface area contributed by atoms with E-state index in [4.69, 9.17) is 0 Å². The van der Waals surface area contributed by atoms with E-state index in [1.807, 2.05) is 0 Å². The van der Waals surface area contributed by atoms with Crippen molar-refractivity contribution in [3.8, 4) is 0 Å². The molecule has 0 amide bonds. The molecule has 0 rings (SSSR count). The molecule has 0 bridgehead atoms. The van der Waals surface area contributed by atoms with E-state index in [1.54, 1.807) is 6.92 Å². The molecule has 0 saturated carbocycles. The first-order valence-electron chi connectivity index (χ1n) is 6.43. The summed E-state index contributed by atoms with van der Waals surface area (Å²) in [7, 11) is 0. The normalized spacial score (nSPS) is 11.3.